The van der Waals surface area contributed by atoms with Gasteiger partial charge >= 0.3 is 6.18 Å². The van der Waals surface area contributed by atoms with Crippen LogP contribution in [0.5, 0.6) is 0 Å². The third-order valence-corrected chi connectivity index (χ3v) is 3.89. The first kappa shape index (κ1) is 18.6. The Bertz CT molecular complexity index is 978. The van der Waals surface area contributed by atoms with Crippen LogP contribution in [0, 0.1) is 11.6 Å². The average molecular weight is 380 g/mol. The summed E-state index contributed by atoms with van der Waals surface area (Å²) in [5.74, 6) is -1.94. The molecule has 1 heterocycles. The maximum Gasteiger partial charge on any atom is 0.418 e. The summed E-state index contributed by atoms with van der Waals surface area (Å²) in [6.45, 7) is -0.257. The fourth-order valence-corrected chi connectivity index (χ4v) is 2.58. The molecular formula is C19H13F5N2O. The van der Waals surface area contributed by atoms with Crippen LogP contribution in [0.2, 0.25) is 0 Å². The van der Waals surface area contributed by atoms with E-state index in [1.54, 1.807) is 0 Å². The SMILES string of the molecule is O=C(NCc1cc(F)ccc1F)c1ccn(-c2ccccc2C(F)(F)F)c1. The molecule has 0 radical (unpaired) electrons. The van der Waals surface area contributed by atoms with Gasteiger partial charge in [0.1, 0.15) is 11.6 Å². The van der Waals surface area contributed by atoms with Crippen LogP contribution in [0.15, 0.2) is 60.9 Å². The maximum absolute atomic E-state index is 13.6. The number of benzene rings is 2. The zero-order valence-electron chi connectivity index (χ0n) is 13.7. The molecule has 1 aromatic heterocycles. The van der Waals surface area contributed by atoms with Gasteiger partial charge in [0.25, 0.3) is 5.91 Å². The molecule has 3 aromatic rings. The van der Waals surface area contributed by atoms with Gasteiger partial charge in [0, 0.05) is 24.5 Å². The number of alkyl halides is 3. The normalized spacial score (nSPS) is 11.4. The van der Waals surface area contributed by atoms with E-state index in [1.165, 1.54) is 41.2 Å². The highest BCUT2D eigenvalue weighted by molar-refractivity contribution is 5.94. The lowest BCUT2D eigenvalue weighted by atomic mass is 10.1. The van der Waals surface area contributed by atoms with Crippen LogP contribution in [0.25, 0.3) is 5.69 Å². The predicted octanol–water partition coefficient (Wildman–Crippen LogP) is 4.70. The Morgan fingerprint density at radius 2 is 1.78 bits per heavy atom. The number of hydrogen-bond donors (Lipinski definition) is 1. The molecule has 27 heavy (non-hydrogen) atoms. The summed E-state index contributed by atoms with van der Waals surface area (Å²) in [7, 11) is 0. The van der Waals surface area contributed by atoms with Crippen molar-refractivity contribution in [3.05, 3.63) is 89.2 Å². The molecule has 0 saturated carbocycles. The molecule has 0 atom stereocenters. The van der Waals surface area contributed by atoms with Gasteiger partial charge in [-0.05, 0) is 36.4 Å². The van der Waals surface area contributed by atoms with E-state index < -0.39 is 29.3 Å². The molecule has 0 bridgehead atoms. The molecule has 1 amide bonds. The van der Waals surface area contributed by atoms with Gasteiger partial charge in [-0.15, -0.1) is 0 Å². The summed E-state index contributed by atoms with van der Waals surface area (Å²) in [6.07, 6.45) is -1.98. The third-order valence-electron chi connectivity index (χ3n) is 3.89. The molecule has 0 spiro atoms. The number of amides is 1. The number of aromatic nitrogens is 1. The van der Waals surface area contributed by atoms with E-state index in [4.69, 9.17) is 0 Å². The Hall–Kier alpha value is -3.16. The second kappa shape index (κ2) is 7.22. The van der Waals surface area contributed by atoms with Crippen molar-refractivity contribution in [3.8, 4) is 5.69 Å². The largest absolute Gasteiger partial charge is 0.418 e. The third kappa shape index (κ3) is 4.16. The minimum Gasteiger partial charge on any atom is -0.348 e. The number of carbonyl (C=O) groups is 1. The topological polar surface area (TPSA) is 34.0 Å². The Morgan fingerprint density at radius 1 is 1.04 bits per heavy atom. The summed E-state index contributed by atoms with van der Waals surface area (Å²) in [5, 5.41) is 2.41. The first-order chi connectivity index (χ1) is 12.8. The monoisotopic (exact) mass is 380 g/mol. The smallest absolute Gasteiger partial charge is 0.348 e. The number of halogens is 5. The van der Waals surface area contributed by atoms with Gasteiger partial charge in [-0.2, -0.15) is 13.2 Å². The standard InChI is InChI=1S/C19H13F5N2O/c20-14-5-6-16(21)13(9-14)10-25-18(27)12-7-8-26(11-12)17-4-2-1-3-15(17)19(22,23)24/h1-9,11H,10H2,(H,25,27). The fourth-order valence-electron chi connectivity index (χ4n) is 2.58. The minimum absolute atomic E-state index is 0.0369. The Kier molecular flexibility index (Phi) is 4.98. The summed E-state index contributed by atoms with van der Waals surface area (Å²) in [6, 6.07) is 9.16. The van der Waals surface area contributed by atoms with Crippen LogP contribution >= 0.6 is 0 Å². The minimum atomic E-state index is -4.54. The molecule has 140 valence electrons. The van der Waals surface area contributed by atoms with Crippen LogP contribution in [0.4, 0.5) is 22.0 Å². The molecule has 0 aliphatic rings. The number of para-hydroxylation sites is 1. The van der Waals surface area contributed by atoms with Crippen LogP contribution in [-0.2, 0) is 12.7 Å². The number of rotatable bonds is 4. The lowest BCUT2D eigenvalue weighted by molar-refractivity contribution is -0.137. The van der Waals surface area contributed by atoms with E-state index >= 15 is 0 Å². The predicted molar refractivity (Wildman–Crippen MR) is 88.3 cm³/mol. The lowest BCUT2D eigenvalue weighted by Gasteiger charge is -2.13. The average Bonchev–Trinajstić information content (AvgIpc) is 3.11. The number of hydrogen-bond acceptors (Lipinski definition) is 1. The van der Waals surface area contributed by atoms with Gasteiger partial charge in [-0.3, -0.25) is 4.79 Å². The lowest BCUT2D eigenvalue weighted by Crippen LogP contribution is -2.23. The van der Waals surface area contributed by atoms with Crippen molar-refractivity contribution >= 4 is 5.91 Å². The summed E-state index contributed by atoms with van der Waals surface area (Å²) >= 11 is 0. The van der Waals surface area contributed by atoms with Crippen LogP contribution in [0.3, 0.4) is 0 Å². The molecule has 8 heteroatoms. The summed E-state index contributed by atoms with van der Waals surface area (Å²) in [4.78, 5) is 12.2. The molecule has 3 rings (SSSR count). The van der Waals surface area contributed by atoms with Gasteiger partial charge in [0.15, 0.2) is 0 Å². The molecule has 0 aliphatic carbocycles. The van der Waals surface area contributed by atoms with E-state index in [0.29, 0.717) is 0 Å². The van der Waals surface area contributed by atoms with Crippen LogP contribution < -0.4 is 5.32 Å². The van der Waals surface area contributed by atoms with Gasteiger partial charge in [-0.25, -0.2) is 8.78 Å². The highest BCUT2D eigenvalue weighted by atomic mass is 19.4. The van der Waals surface area contributed by atoms with E-state index in [1.807, 2.05) is 0 Å². The van der Waals surface area contributed by atoms with Crippen molar-refractivity contribution in [2.24, 2.45) is 0 Å². The maximum atomic E-state index is 13.6. The molecular weight excluding hydrogens is 367 g/mol. The Balaban J connectivity index is 1.78. The van der Waals surface area contributed by atoms with E-state index in [-0.39, 0.29) is 23.4 Å². The number of carbonyl (C=O) groups excluding carboxylic acids is 1. The van der Waals surface area contributed by atoms with Crippen molar-refractivity contribution in [2.75, 3.05) is 0 Å². The Morgan fingerprint density at radius 3 is 2.52 bits per heavy atom. The van der Waals surface area contributed by atoms with E-state index in [2.05, 4.69) is 5.32 Å². The molecule has 0 aliphatic heterocycles. The van der Waals surface area contributed by atoms with Crippen molar-refractivity contribution in [3.63, 3.8) is 0 Å². The van der Waals surface area contributed by atoms with Gasteiger partial charge in [0.2, 0.25) is 0 Å². The number of nitrogens with zero attached hydrogens (tertiary/aromatic N) is 1. The number of nitrogens with one attached hydrogen (secondary N) is 1. The highest BCUT2D eigenvalue weighted by Gasteiger charge is 2.33. The van der Waals surface area contributed by atoms with Crippen molar-refractivity contribution < 1.29 is 26.7 Å². The molecule has 1 N–H and O–H groups in total. The first-order valence-electron chi connectivity index (χ1n) is 7.82. The molecule has 2 aromatic carbocycles. The molecule has 0 unspecified atom stereocenters. The Labute approximate surface area is 151 Å². The van der Waals surface area contributed by atoms with Crippen molar-refractivity contribution in [1.29, 1.82) is 0 Å². The van der Waals surface area contributed by atoms with Crippen molar-refractivity contribution in [2.45, 2.75) is 12.7 Å². The zero-order valence-corrected chi connectivity index (χ0v) is 13.7. The zero-order chi connectivity index (χ0) is 19.6. The first-order valence-corrected chi connectivity index (χ1v) is 7.82. The second-order valence-corrected chi connectivity index (χ2v) is 5.74. The summed E-state index contributed by atoms with van der Waals surface area (Å²) < 4.78 is 67.3. The van der Waals surface area contributed by atoms with Gasteiger partial charge in [-0.1, -0.05) is 12.1 Å². The molecule has 3 nitrogen and oxygen atoms in total. The van der Waals surface area contributed by atoms with Crippen LogP contribution in [0.1, 0.15) is 21.5 Å². The van der Waals surface area contributed by atoms with Gasteiger partial charge < -0.3 is 9.88 Å². The second-order valence-electron chi connectivity index (χ2n) is 5.74. The van der Waals surface area contributed by atoms with E-state index in [0.717, 1.165) is 24.3 Å². The van der Waals surface area contributed by atoms with Crippen molar-refractivity contribution in [1.82, 2.24) is 9.88 Å². The molecule has 0 saturated heterocycles. The van der Waals surface area contributed by atoms with Gasteiger partial charge in [0.05, 0.1) is 16.8 Å². The summed E-state index contributed by atoms with van der Waals surface area (Å²) in [5.41, 5.74) is -0.913. The van der Waals surface area contributed by atoms with E-state index in [9.17, 15) is 26.7 Å². The quantitative estimate of drug-likeness (QED) is 0.654. The highest BCUT2D eigenvalue weighted by Crippen LogP contribution is 2.33. The van der Waals surface area contributed by atoms with Crippen LogP contribution in [-0.4, -0.2) is 10.5 Å². The fraction of sp³-hybridized carbons (Fsp3) is 0.105. The molecule has 0 fully saturated rings.